The second-order valence-corrected chi connectivity index (χ2v) is 12.2. The lowest BCUT2D eigenvalue weighted by molar-refractivity contribution is -0.131. The van der Waals surface area contributed by atoms with E-state index in [1.54, 1.807) is 31.1 Å². The minimum atomic E-state index is -1.17. The van der Waals surface area contributed by atoms with E-state index in [9.17, 15) is 24.8 Å². The number of fused-ring (bicyclic) bond motifs is 3. The number of hydrazine groups is 1. The van der Waals surface area contributed by atoms with Crippen molar-refractivity contribution in [2.75, 3.05) is 20.6 Å². The van der Waals surface area contributed by atoms with E-state index in [2.05, 4.69) is 37.9 Å². The molecule has 4 aliphatic rings. The van der Waals surface area contributed by atoms with Crippen LogP contribution in [0, 0.1) is 17.2 Å². The normalized spacial score (nSPS) is 24.8. The second-order valence-electron chi connectivity index (χ2n) is 12.2. The van der Waals surface area contributed by atoms with Crippen LogP contribution < -0.4 is 26.8 Å². The first-order valence-corrected chi connectivity index (χ1v) is 15.1. The average Bonchev–Trinajstić information content (AvgIpc) is 3.53. The van der Waals surface area contributed by atoms with E-state index >= 15 is 0 Å². The summed E-state index contributed by atoms with van der Waals surface area (Å²) >= 11 is 0. The number of aliphatic hydroxyl groups is 1. The number of amidine groups is 1. The number of nitriles is 1. The molecular weight excluding hydrogens is 560 g/mol. The summed E-state index contributed by atoms with van der Waals surface area (Å²) < 4.78 is 0. The van der Waals surface area contributed by atoms with Crippen molar-refractivity contribution in [3.63, 3.8) is 0 Å². The molecule has 6 N–H and O–H groups in total. The fourth-order valence-electron chi connectivity index (χ4n) is 7.34. The lowest BCUT2D eigenvalue weighted by atomic mass is 9.67. The van der Waals surface area contributed by atoms with E-state index in [1.165, 1.54) is 0 Å². The van der Waals surface area contributed by atoms with Crippen molar-refractivity contribution >= 4 is 23.6 Å². The predicted octanol–water partition coefficient (Wildman–Crippen LogP) is 0.454. The summed E-state index contributed by atoms with van der Waals surface area (Å²) in [4.78, 5) is 44.9. The van der Waals surface area contributed by atoms with E-state index in [0.29, 0.717) is 42.1 Å². The van der Waals surface area contributed by atoms with E-state index in [1.807, 2.05) is 31.2 Å². The van der Waals surface area contributed by atoms with Crippen LogP contribution in [0.15, 0.2) is 41.4 Å². The number of hydrogen-bond donors (Lipinski definition) is 6. The zero-order valence-electron chi connectivity index (χ0n) is 25.1. The largest absolute Gasteiger partial charge is 0.358 e. The molecule has 2 aromatic carbocycles. The number of aryl methyl sites for hydroxylation is 2. The first kappa shape index (κ1) is 29.7. The second kappa shape index (κ2) is 11.6. The Labute approximate surface area is 256 Å². The van der Waals surface area contributed by atoms with Gasteiger partial charge >= 0.3 is 0 Å². The molecule has 2 heterocycles. The molecule has 1 saturated carbocycles. The van der Waals surface area contributed by atoms with Gasteiger partial charge in [0.25, 0.3) is 11.8 Å². The molecule has 0 radical (unpaired) electrons. The summed E-state index contributed by atoms with van der Waals surface area (Å²) in [5, 5.41) is 28.9. The van der Waals surface area contributed by atoms with Gasteiger partial charge in [0.2, 0.25) is 12.3 Å². The fraction of sp³-hybridized carbons (Fsp3) is 0.469. The highest BCUT2D eigenvalue weighted by Crippen LogP contribution is 2.48. The topological polar surface area (TPSA) is 171 Å². The highest BCUT2D eigenvalue weighted by molar-refractivity contribution is 6.00. The van der Waals surface area contributed by atoms with Gasteiger partial charge in [0.05, 0.1) is 18.0 Å². The summed E-state index contributed by atoms with van der Waals surface area (Å²) in [5.74, 6) is 0.467. The molecule has 1 saturated heterocycles. The zero-order chi connectivity index (χ0) is 31.2. The maximum atomic E-state index is 13.3. The van der Waals surface area contributed by atoms with Crippen LogP contribution in [-0.4, -0.2) is 78.7 Å². The number of carbonyl (C=O) groups excluding carboxylic acids is 3. The fourth-order valence-corrected chi connectivity index (χ4v) is 7.34. The average molecular weight is 599 g/mol. The number of carbonyl (C=O) groups is 3. The Balaban J connectivity index is 1.42. The Morgan fingerprint density at radius 3 is 2.20 bits per heavy atom. The van der Waals surface area contributed by atoms with Crippen molar-refractivity contribution in [3.8, 4) is 6.07 Å². The Morgan fingerprint density at radius 2 is 1.68 bits per heavy atom. The Morgan fingerprint density at radius 1 is 1.07 bits per heavy atom. The van der Waals surface area contributed by atoms with Gasteiger partial charge in [-0.15, -0.1) is 0 Å². The monoisotopic (exact) mass is 598 g/mol. The predicted molar refractivity (Wildman–Crippen MR) is 162 cm³/mol. The summed E-state index contributed by atoms with van der Waals surface area (Å²) in [5.41, 5.74) is 9.78. The Kier molecular flexibility index (Phi) is 7.88. The van der Waals surface area contributed by atoms with Crippen molar-refractivity contribution in [3.05, 3.63) is 69.8 Å². The molecule has 2 fully saturated rings. The number of rotatable bonds is 8. The van der Waals surface area contributed by atoms with Gasteiger partial charge in [-0.25, -0.2) is 4.99 Å². The number of benzene rings is 2. The maximum absolute atomic E-state index is 13.3. The smallest absolute Gasteiger partial charge is 0.251 e. The Bertz CT molecular complexity index is 1510. The molecule has 2 aromatic rings. The van der Waals surface area contributed by atoms with E-state index in [0.717, 1.165) is 35.1 Å². The molecule has 2 unspecified atom stereocenters. The van der Waals surface area contributed by atoms with E-state index in [4.69, 9.17) is 0 Å². The van der Waals surface area contributed by atoms with E-state index < -0.39 is 11.8 Å². The number of likely N-dealkylation sites (tertiary alicyclic amines) is 1. The highest BCUT2D eigenvalue weighted by Gasteiger charge is 2.54. The molecule has 5 atom stereocenters. The molecule has 6 rings (SSSR count). The van der Waals surface area contributed by atoms with Gasteiger partial charge in [0.15, 0.2) is 0 Å². The van der Waals surface area contributed by atoms with Gasteiger partial charge in [-0.1, -0.05) is 12.1 Å². The molecule has 0 bridgehead atoms. The number of amides is 3. The molecule has 0 spiro atoms. The molecule has 12 nitrogen and oxygen atoms in total. The minimum Gasteiger partial charge on any atom is -0.358 e. The molecule has 2 aliphatic carbocycles. The number of aliphatic imine (C=N–C) groups is 1. The van der Waals surface area contributed by atoms with Gasteiger partial charge in [0.1, 0.15) is 11.9 Å². The van der Waals surface area contributed by atoms with Crippen molar-refractivity contribution in [1.82, 2.24) is 31.7 Å². The molecule has 0 aromatic heterocycles. The molecule has 230 valence electrons. The molecule has 3 amide bonds. The van der Waals surface area contributed by atoms with Crippen LogP contribution in [0.1, 0.15) is 69.2 Å². The summed E-state index contributed by atoms with van der Waals surface area (Å²) in [6, 6.07) is 13.1. The number of hydrogen-bond acceptors (Lipinski definition) is 9. The van der Waals surface area contributed by atoms with Gasteiger partial charge in [0, 0.05) is 37.3 Å². The van der Waals surface area contributed by atoms with E-state index in [-0.39, 0.29) is 42.4 Å². The quantitative estimate of drug-likeness (QED) is 0.254. The third kappa shape index (κ3) is 5.11. The zero-order valence-corrected chi connectivity index (χ0v) is 25.1. The van der Waals surface area contributed by atoms with Crippen molar-refractivity contribution in [2.45, 2.75) is 68.9 Å². The minimum absolute atomic E-state index is 0.0806. The maximum Gasteiger partial charge on any atom is 0.251 e. The standard InChI is InChI=1S/C32H38N8O4/c1-17(36-16-27(41)40-23(15-33)12-22-13-26(22)40)14-32(30-37-31(44)39-38-30)24-8-6-20(28(42)34-2)10-18(24)4-5-19-11-21(29(43)35-3)7-9-25(19)32/h6-11,17,22-23,26,31,36,39,44H,4-5,12-14,16H2,1-3H3,(H,34,42)(H,35,43)(H,37,38)/t17-,22-,23?,26+,31?/m1/s1. The van der Waals surface area contributed by atoms with Gasteiger partial charge in [-0.3, -0.25) is 14.4 Å². The molecular formula is C32H38N8O4. The number of nitrogens with zero attached hydrogens (tertiary/aromatic N) is 3. The number of nitrogens with one attached hydrogen (secondary N) is 5. The van der Waals surface area contributed by atoms with Crippen LogP contribution >= 0.6 is 0 Å². The molecule has 12 heteroatoms. The molecule has 2 aliphatic heterocycles. The van der Waals surface area contributed by atoms with Gasteiger partial charge in [-0.2, -0.15) is 10.7 Å². The van der Waals surface area contributed by atoms with Crippen molar-refractivity contribution in [2.24, 2.45) is 10.9 Å². The summed E-state index contributed by atoms with van der Waals surface area (Å²) in [6.45, 7) is 2.09. The van der Waals surface area contributed by atoms with Crippen LogP contribution in [0.3, 0.4) is 0 Å². The Hall–Kier alpha value is -4.31. The van der Waals surface area contributed by atoms with Crippen molar-refractivity contribution < 1.29 is 19.5 Å². The first-order chi connectivity index (χ1) is 21.2. The number of aliphatic hydroxyl groups excluding tert-OH is 1. The lowest BCUT2D eigenvalue weighted by Crippen LogP contribution is -2.51. The SMILES string of the molecule is CNC(=O)c1ccc2c(c1)CCc1cc(C(=O)NC)ccc1C2(C[C@@H](C)NCC(=O)N1C(C#N)C[C@@H]2C[C@@H]21)C1=NC(O)NN1. The van der Waals surface area contributed by atoms with Crippen LogP contribution in [-0.2, 0) is 23.1 Å². The van der Waals surface area contributed by atoms with Crippen LogP contribution in [0.2, 0.25) is 0 Å². The highest BCUT2D eigenvalue weighted by atomic mass is 16.3. The lowest BCUT2D eigenvalue weighted by Gasteiger charge is -2.39. The summed E-state index contributed by atoms with van der Waals surface area (Å²) in [6.07, 6.45) is 2.21. The number of piperidine rings is 1. The van der Waals surface area contributed by atoms with Gasteiger partial charge in [-0.05, 0) is 91.5 Å². The van der Waals surface area contributed by atoms with Gasteiger partial charge < -0.3 is 31.4 Å². The van der Waals surface area contributed by atoms with Crippen LogP contribution in [0.5, 0.6) is 0 Å². The third-order valence-electron chi connectivity index (χ3n) is 9.50. The van der Waals surface area contributed by atoms with Crippen LogP contribution in [0.25, 0.3) is 0 Å². The third-order valence-corrected chi connectivity index (χ3v) is 9.50. The van der Waals surface area contributed by atoms with Crippen molar-refractivity contribution in [1.29, 1.82) is 5.26 Å². The molecule has 44 heavy (non-hydrogen) atoms. The summed E-state index contributed by atoms with van der Waals surface area (Å²) in [7, 11) is 3.19. The van der Waals surface area contributed by atoms with Crippen LogP contribution in [0.4, 0.5) is 0 Å². The first-order valence-electron chi connectivity index (χ1n) is 15.1.